The van der Waals surface area contributed by atoms with Crippen molar-refractivity contribution in [2.75, 3.05) is 0 Å². The Morgan fingerprint density at radius 1 is 0.644 bits per heavy atom. The fourth-order valence-electron chi connectivity index (χ4n) is 5.73. The van der Waals surface area contributed by atoms with Crippen molar-refractivity contribution in [3.63, 3.8) is 0 Å². The van der Waals surface area contributed by atoms with Gasteiger partial charge in [0, 0.05) is 28.5 Å². The van der Waals surface area contributed by atoms with Gasteiger partial charge in [-0.1, -0.05) is 121 Å². The number of amides is 1. The third-order valence-electron chi connectivity index (χ3n) is 7.88. The number of nitrogens with zero attached hydrogens (tertiary/aromatic N) is 2. The average molecular weight is 608 g/mol. The summed E-state index contributed by atoms with van der Waals surface area (Å²) in [5, 5.41) is 3.41. The number of hydrazine groups is 1. The number of hydrogen-bond donors (Lipinski definition) is 1. The molecule has 2 heterocycles. The summed E-state index contributed by atoms with van der Waals surface area (Å²) in [5.41, 5.74) is 6.74. The molecule has 7 heteroatoms. The zero-order chi connectivity index (χ0) is 31.0. The zero-order valence-corrected chi connectivity index (χ0v) is 25.3. The van der Waals surface area contributed by atoms with Crippen LogP contribution >= 0.6 is 0 Å². The van der Waals surface area contributed by atoms with Crippen molar-refractivity contribution in [2.24, 2.45) is 0 Å². The standard InChI is InChI=1S/C38H29N3O3S/c1-27-21-23-32(24-22-27)45(43,44)39-35-34(29-14-5-2-6-15-29)37-33-20-12-11-13-28(33)25-26-40(37)41(36(35)30-16-7-3-8-17-30)38(42)31-18-9-4-10-19-31/h2-26,39H,1H3. The minimum absolute atomic E-state index is 0.123. The van der Waals surface area contributed by atoms with E-state index in [0.717, 1.165) is 22.3 Å². The molecule has 45 heavy (non-hydrogen) atoms. The van der Waals surface area contributed by atoms with Crippen LogP contribution in [0.1, 0.15) is 38.2 Å². The van der Waals surface area contributed by atoms with Gasteiger partial charge in [0.1, 0.15) is 0 Å². The number of benzene rings is 5. The van der Waals surface area contributed by atoms with E-state index in [4.69, 9.17) is 0 Å². The molecule has 5 aromatic rings. The lowest BCUT2D eigenvalue weighted by Gasteiger charge is -2.45. The Balaban J connectivity index is 1.59. The van der Waals surface area contributed by atoms with Crippen molar-refractivity contribution in [1.29, 1.82) is 0 Å². The first-order chi connectivity index (χ1) is 21.9. The van der Waals surface area contributed by atoms with Crippen LogP contribution in [0.3, 0.4) is 0 Å². The SMILES string of the molecule is Cc1ccc(S(=O)(=O)NC2=C(c3ccccc3)N(C(=O)c3ccccc3)N3C=Cc4ccccc4C3=C2c2ccccc2)cc1. The summed E-state index contributed by atoms with van der Waals surface area (Å²) >= 11 is 0. The van der Waals surface area contributed by atoms with E-state index in [2.05, 4.69) is 4.72 Å². The van der Waals surface area contributed by atoms with Crippen molar-refractivity contribution >= 4 is 39.0 Å². The second kappa shape index (κ2) is 11.4. The maximum absolute atomic E-state index is 14.6. The summed E-state index contributed by atoms with van der Waals surface area (Å²) in [6, 6.07) is 42.8. The number of aryl methyl sites for hydroxylation is 1. The van der Waals surface area contributed by atoms with E-state index in [1.165, 1.54) is 0 Å². The lowest BCUT2D eigenvalue weighted by atomic mass is 9.89. The number of sulfonamides is 1. The molecular formula is C38H29N3O3S. The number of carbonyl (C=O) groups excluding carboxylic acids is 1. The molecule has 0 aliphatic carbocycles. The van der Waals surface area contributed by atoms with Gasteiger partial charge >= 0.3 is 0 Å². The van der Waals surface area contributed by atoms with Crippen LogP contribution in [-0.2, 0) is 10.0 Å². The molecule has 0 radical (unpaired) electrons. The van der Waals surface area contributed by atoms with Gasteiger partial charge in [0.2, 0.25) is 0 Å². The van der Waals surface area contributed by atoms with Crippen LogP contribution in [0, 0.1) is 6.92 Å². The Morgan fingerprint density at radius 3 is 1.89 bits per heavy atom. The van der Waals surface area contributed by atoms with Crippen LogP contribution < -0.4 is 4.72 Å². The van der Waals surface area contributed by atoms with Gasteiger partial charge in [-0.05, 0) is 48.4 Å². The van der Waals surface area contributed by atoms with Crippen LogP contribution in [0.25, 0.3) is 23.0 Å². The van der Waals surface area contributed by atoms with Gasteiger partial charge in [0.15, 0.2) is 0 Å². The Morgan fingerprint density at radius 2 is 1.22 bits per heavy atom. The van der Waals surface area contributed by atoms with Gasteiger partial charge in [0.25, 0.3) is 15.9 Å². The fraction of sp³-hybridized carbons (Fsp3) is 0.0263. The van der Waals surface area contributed by atoms with Crippen LogP contribution in [0.5, 0.6) is 0 Å². The maximum Gasteiger partial charge on any atom is 0.277 e. The molecule has 6 nitrogen and oxygen atoms in total. The molecule has 0 saturated heterocycles. The summed E-state index contributed by atoms with van der Waals surface area (Å²) in [6.07, 6.45) is 3.84. The predicted molar refractivity (Wildman–Crippen MR) is 178 cm³/mol. The molecule has 1 amide bonds. The third kappa shape index (κ3) is 5.13. The minimum atomic E-state index is -4.10. The van der Waals surface area contributed by atoms with Gasteiger partial charge < -0.3 is 0 Å². The summed E-state index contributed by atoms with van der Waals surface area (Å²) in [4.78, 5) is 14.8. The second-order valence-electron chi connectivity index (χ2n) is 10.8. The fourth-order valence-corrected chi connectivity index (χ4v) is 6.81. The van der Waals surface area contributed by atoms with Crippen LogP contribution in [0.15, 0.2) is 156 Å². The highest BCUT2D eigenvalue weighted by molar-refractivity contribution is 7.89. The Bertz CT molecular complexity index is 2100. The number of rotatable bonds is 6. The first kappa shape index (κ1) is 28.1. The van der Waals surface area contributed by atoms with E-state index < -0.39 is 10.0 Å². The monoisotopic (exact) mass is 607 g/mol. The molecule has 0 atom stereocenters. The third-order valence-corrected chi connectivity index (χ3v) is 9.25. The molecule has 0 unspecified atom stereocenters. The van der Waals surface area contributed by atoms with Crippen LogP contribution in [0.2, 0.25) is 0 Å². The molecule has 7 rings (SSSR count). The highest BCUT2D eigenvalue weighted by Crippen LogP contribution is 2.47. The van der Waals surface area contributed by atoms with Crippen LogP contribution in [0.4, 0.5) is 0 Å². The van der Waals surface area contributed by atoms with E-state index in [0.29, 0.717) is 33.8 Å². The van der Waals surface area contributed by atoms with Crippen molar-refractivity contribution in [2.45, 2.75) is 11.8 Å². The first-order valence-corrected chi connectivity index (χ1v) is 16.1. The number of nitrogens with one attached hydrogen (secondary N) is 1. The van der Waals surface area contributed by atoms with Gasteiger partial charge in [-0.15, -0.1) is 0 Å². The van der Waals surface area contributed by atoms with E-state index in [1.54, 1.807) is 41.4 Å². The molecular weight excluding hydrogens is 579 g/mol. The lowest BCUT2D eigenvalue weighted by molar-refractivity contribution is 0.0623. The molecule has 0 spiro atoms. The number of fused-ring (bicyclic) bond motifs is 3. The second-order valence-corrected chi connectivity index (χ2v) is 12.5. The van der Waals surface area contributed by atoms with E-state index in [-0.39, 0.29) is 10.8 Å². The average Bonchev–Trinajstić information content (AvgIpc) is 3.08. The number of hydrogen-bond acceptors (Lipinski definition) is 4. The number of carbonyl (C=O) groups is 1. The van der Waals surface area contributed by atoms with E-state index >= 15 is 0 Å². The van der Waals surface area contributed by atoms with Gasteiger partial charge in [-0.3, -0.25) is 14.5 Å². The highest BCUT2D eigenvalue weighted by Gasteiger charge is 2.41. The van der Waals surface area contributed by atoms with Gasteiger partial charge in [0.05, 0.1) is 22.0 Å². The largest absolute Gasteiger partial charge is 0.277 e. The molecule has 0 fully saturated rings. The Kier molecular flexibility index (Phi) is 7.16. The Labute approximate surface area is 262 Å². The van der Waals surface area contributed by atoms with Gasteiger partial charge in [-0.25, -0.2) is 13.4 Å². The first-order valence-electron chi connectivity index (χ1n) is 14.6. The molecule has 0 bridgehead atoms. The van der Waals surface area contributed by atoms with Crippen molar-refractivity contribution in [3.05, 3.63) is 185 Å². The maximum atomic E-state index is 14.6. The molecule has 0 aromatic heterocycles. The summed E-state index contributed by atoms with van der Waals surface area (Å²) in [5.74, 6) is -0.310. The minimum Gasteiger partial charge on any atom is -0.277 e. The summed E-state index contributed by atoms with van der Waals surface area (Å²) < 4.78 is 31.4. The molecule has 220 valence electrons. The smallest absolute Gasteiger partial charge is 0.277 e. The van der Waals surface area contributed by atoms with Gasteiger partial charge in [-0.2, -0.15) is 0 Å². The van der Waals surface area contributed by atoms with Crippen molar-refractivity contribution in [3.8, 4) is 0 Å². The Hall–Kier alpha value is -5.66. The summed E-state index contributed by atoms with van der Waals surface area (Å²) in [7, 11) is -4.10. The molecule has 2 aliphatic rings. The van der Waals surface area contributed by atoms with Crippen molar-refractivity contribution < 1.29 is 13.2 Å². The molecule has 5 aromatic carbocycles. The summed E-state index contributed by atoms with van der Waals surface area (Å²) in [6.45, 7) is 1.91. The normalized spacial score (nSPS) is 14.2. The van der Waals surface area contributed by atoms with Crippen LogP contribution in [-0.4, -0.2) is 24.3 Å². The van der Waals surface area contributed by atoms with Crippen molar-refractivity contribution in [1.82, 2.24) is 14.7 Å². The quantitative estimate of drug-likeness (QED) is 0.216. The highest BCUT2D eigenvalue weighted by atomic mass is 32.2. The zero-order valence-electron chi connectivity index (χ0n) is 24.5. The molecule has 0 saturated carbocycles. The van der Waals surface area contributed by atoms with E-state index in [9.17, 15) is 13.2 Å². The van der Waals surface area contributed by atoms with E-state index in [1.807, 2.05) is 127 Å². The number of allylic oxidation sites excluding steroid dienone is 1. The molecule has 2 aliphatic heterocycles. The topological polar surface area (TPSA) is 69.7 Å². The molecule has 1 N–H and O–H groups in total. The predicted octanol–water partition coefficient (Wildman–Crippen LogP) is 7.57. The lowest BCUT2D eigenvalue weighted by Crippen LogP contribution is -2.47.